The van der Waals surface area contributed by atoms with Crippen LogP contribution in [0, 0.1) is 0 Å². The first-order valence-corrected chi connectivity index (χ1v) is 4.19. The fraction of sp³-hybridized carbons (Fsp3) is 0.444. The molecule has 0 spiro atoms. The summed E-state index contributed by atoms with van der Waals surface area (Å²) >= 11 is 0. The number of aliphatic hydroxyl groups excluding tert-OH is 1. The average Bonchev–Trinajstić information content (AvgIpc) is 2.19. The van der Waals surface area contributed by atoms with Gasteiger partial charge in [-0.1, -0.05) is 19.9 Å². The van der Waals surface area contributed by atoms with E-state index in [0.717, 1.165) is 5.82 Å². The molecule has 0 atom stereocenters. The van der Waals surface area contributed by atoms with Gasteiger partial charge in [-0.05, 0) is 12.1 Å². The highest BCUT2D eigenvalue weighted by atomic mass is 16.3. The second-order valence-electron chi connectivity index (χ2n) is 1.87. The molecule has 1 aromatic rings. The van der Waals surface area contributed by atoms with Crippen LogP contribution < -0.4 is 5.32 Å². The van der Waals surface area contributed by atoms with Crippen LogP contribution >= 0.6 is 0 Å². The summed E-state index contributed by atoms with van der Waals surface area (Å²) in [5.41, 5.74) is 0. The molecular formula is C9H16N2O. The first-order chi connectivity index (χ1) is 5.93. The van der Waals surface area contributed by atoms with Gasteiger partial charge in [0.15, 0.2) is 0 Å². The number of pyridine rings is 1. The van der Waals surface area contributed by atoms with Crippen molar-refractivity contribution in [2.45, 2.75) is 13.8 Å². The Morgan fingerprint density at radius 3 is 2.67 bits per heavy atom. The zero-order valence-corrected chi connectivity index (χ0v) is 7.62. The Morgan fingerprint density at radius 1 is 1.42 bits per heavy atom. The van der Waals surface area contributed by atoms with Crippen LogP contribution in [0.5, 0.6) is 0 Å². The molecule has 0 bridgehead atoms. The molecule has 3 nitrogen and oxygen atoms in total. The summed E-state index contributed by atoms with van der Waals surface area (Å²) < 4.78 is 0. The SMILES string of the molecule is CC.OCCNc1ccccn1. The number of anilines is 1. The van der Waals surface area contributed by atoms with Crippen LogP contribution in [0.15, 0.2) is 24.4 Å². The van der Waals surface area contributed by atoms with E-state index in [9.17, 15) is 0 Å². The quantitative estimate of drug-likeness (QED) is 0.719. The largest absolute Gasteiger partial charge is 0.395 e. The minimum Gasteiger partial charge on any atom is -0.395 e. The lowest BCUT2D eigenvalue weighted by atomic mass is 10.4. The molecule has 0 fully saturated rings. The Kier molecular flexibility index (Phi) is 7.28. The van der Waals surface area contributed by atoms with E-state index in [-0.39, 0.29) is 6.61 Å². The Balaban J connectivity index is 0.000000561. The number of hydrogen-bond acceptors (Lipinski definition) is 3. The van der Waals surface area contributed by atoms with Crippen molar-refractivity contribution in [3.8, 4) is 0 Å². The Morgan fingerprint density at radius 2 is 2.17 bits per heavy atom. The molecule has 12 heavy (non-hydrogen) atoms. The summed E-state index contributed by atoms with van der Waals surface area (Å²) in [6, 6.07) is 5.60. The third-order valence-electron chi connectivity index (χ3n) is 1.08. The minimum absolute atomic E-state index is 0.135. The van der Waals surface area contributed by atoms with Gasteiger partial charge in [0.25, 0.3) is 0 Å². The zero-order valence-electron chi connectivity index (χ0n) is 7.62. The molecule has 0 unspecified atom stereocenters. The van der Waals surface area contributed by atoms with E-state index >= 15 is 0 Å². The van der Waals surface area contributed by atoms with Crippen LogP contribution in [0.3, 0.4) is 0 Å². The van der Waals surface area contributed by atoms with E-state index in [1.807, 2.05) is 32.0 Å². The number of hydrogen-bond donors (Lipinski definition) is 2. The Bertz CT molecular complexity index is 177. The molecule has 1 heterocycles. The van der Waals surface area contributed by atoms with Crippen molar-refractivity contribution in [2.24, 2.45) is 0 Å². The van der Waals surface area contributed by atoms with Crippen molar-refractivity contribution in [1.82, 2.24) is 4.98 Å². The fourth-order valence-corrected chi connectivity index (χ4v) is 0.651. The molecule has 0 saturated heterocycles. The van der Waals surface area contributed by atoms with Crippen LogP contribution in [0.2, 0.25) is 0 Å². The van der Waals surface area contributed by atoms with Gasteiger partial charge in [0.2, 0.25) is 0 Å². The summed E-state index contributed by atoms with van der Waals surface area (Å²) in [4.78, 5) is 3.99. The number of nitrogens with zero attached hydrogens (tertiary/aromatic N) is 1. The van der Waals surface area contributed by atoms with Gasteiger partial charge < -0.3 is 10.4 Å². The fourth-order valence-electron chi connectivity index (χ4n) is 0.651. The Hall–Kier alpha value is -1.09. The lowest BCUT2D eigenvalue weighted by Crippen LogP contribution is -2.06. The summed E-state index contributed by atoms with van der Waals surface area (Å²) in [6.07, 6.45) is 1.71. The maximum absolute atomic E-state index is 8.44. The number of aliphatic hydroxyl groups is 1. The van der Waals surface area contributed by atoms with Crippen LogP contribution in [-0.4, -0.2) is 23.2 Å². The monoisotopic (exact) mass is 168 g/mol. The third-order valence-corrected chi connectivity index (χ3v) is 1.08. The van der Waals surface area contributed by atoms with Crippen molar-refractivity contribution >= 4 is 5.82 Å². The molecular weight excluding hydrogens is 152 g/mol. The van der Waals surface area contributed by atoms with E-state index in [1.165, 1.54) is 0 Å². The van der Waals surface area contributed by atoms with Gasteiger partial charge >= 0.3 is 0 Å². The topological polar surface area (TPSA) is 45.1 Å². The first kappa shape index (κ1) is 10.9. The lowest BCUT2D eigenvalue weighted by molar-refractivity contribution is 0.311. The van der Waals surface area contributed by atoms with Gasteiger partial charge in [0.1, 0.15) is 5.82 Å². The van der Waals surface area contributed by atoms with E-state index in [1.54, 1.807) is 6.20 Å². The summed E-state index contributed by atoms with van der Waals surface area (Å²) in [5.74, 6) is 0.802. The highest BCUT2D eigenvalue weighted by Crippen LogP contribution is 1.97. The van der Waals surface area contributed by atoms with Crippen molar-refractivity contribution in [3.63, 3.8) is 0 Å². The van der Waals surface area contributed by atoms with Crippen molar-refractivity contribution in [2.75, 3.05) is 18.5 Å². The molecule has 1 rings (SSSR count). The van der Waals surface area contributed by atoms with Gasteiger partial charge in [-0.2, -0.15) is 0 Å². The molecule has 2 N–H and O–H groups in total. The molecule has 0 aliphatic rings. The van der Waals surface area contributed by atoms with Gasteiger partial charge in [-0.25, -0.2) is 4.98 Å². The summed E-state index contributed by atoms with van der Waals surface area (Å²) in [6.45, 7) is 4.69. The molecule has 0 amide bonds. The number of aromatic nitrogens is 1. The normalized spacial score (nSPS) is 8.25. The number of nitrogens with one attached hydrogen (secondary N) is 1. The smallest absolute Gasteiger partial charge is 0.125 e. The Labute approximate surface area is 73.5 Å². The van der Waals surface area contributed by atoms with Gasteiger partial charge in [-0.3, -0.25) is 0 Å². The van der Waals surface area contributed by atoms with E-state index in [2.05, 4.69) is 10.3 Å². The maximum atomic E-state index is 8.44. The molecule has 1 aromatic heterocycles. The second-order valence-corrected chi connectivity index (χ2v) is 1.87. The molecule has 68 valence electrons. The molecule has 0 radical (unpaired) electrons. The first-order valence-electron chi connectivity index (χ1n) is 4.19. The molecule has 0 aliphatic carbocycles. The number of rotatable bonds is 3. The predicted octanol–water partition coefficient (Wildman–Crippen LogP) is 1.51. The van der Waals surface area contributed by atoms with Crippen LogP contribution in [0.1, 0.15) is 13.8 Å². The van der Waals surface area contributed by atoms with Crippen LogP contribution in [0.25, 0.3) is 0 Å². The highest BCUT2D eigenvalue weighted by molar-refractivity contribution is 5.32. The average molecular weight is 168 g/mol. The molecule has 0 saturated carbocycles. The van der Waals surface area contributed by atoms with Crippen LogP contribution in [0.4, 0.5) is 5.82 Å². The maximum Gasteiger partial charge on any atom is 0.125 e. The van der Waals surface area contributed by atoms with Gasteiger partial charge in [-0.15, -0.1) is 0 Å². The van der Waals surface area contributed by atoms with Crippen molar-refractivity contribution in [3.05, 3.63) is 24.4 Å². The second kappa shape index (κ2) is 8.01. The van der Waals surface area contributed by atoms with Crippen LogP contribution in [-0.2, 0) is 0 Å². The van der Waals surface area contributed by atoms with Gasteiger partial charge in [0.05, 0.1) is 6.61 Å². The molecule has 0 aliphatic heterocycles. The zero-order chi connectivity index (χ0) is 9.23. The van der Waals surface area contributed by atoms with E-state index < -0.39 is 0 Å². The highest BCUT2D eigenvalue weighted by Gasteiger charge is 1.86. The minimum atomic E-state index is 0.135. The van der Waals surface area contributed by atoms with Gasteiger partial charge in [0, 0.05) is 12.7 Å². The van der Waals surface area contributed by atoms with Crippen molar-refractivity contribution in [1.29, 1.82) is 0 Å². The standard InChI is InChI=1S/C7H10N2O.C2H6/c10-6-5-9-7-3-1-2-4-8-7;1-2/h1-4,10H,5-6H2,(H,8,9);1-2H3. The third kappa shape index (κ3) is 4.68. The predicted molar refractivity (Wildman–Crippen MR) is 51.2 cm³/mol. The molecule has 0 aromatic carbocycles. The molecule has 3 heteroatoms. The van der Waals surface area contributed by atoms with E-state index in [4.69, 9.17) is 5.11 Å². The van der Waals surface area contributed by atoms with Crippen molar-refractivity contribution < 1.29 is 5.11 Å². The summed E-state index contributed by atoms with van der Waals surface area (Å²) in [5, 5.41) is 11.4. The summed E-state index contributed by atoms with van der Waals surface area (Å²) in [7, 11) is 0. The lowest BCUT2D eigenvalue weighted by Gasteiger charge is -2.00. The van der Waals surface area contributed by atoms with E-state index in [0.29, 0.717) is 6.54 Å².